The van der Waals surface area contributed by atoms with Gasteiger partial charge in [-0.3, -0.25) is 14.4 Å². The summed E-state index contributed by atoms with van der Waals surface area (Å²) in [7, 11) is -3.87. The van der Waals surface area contributed by atoms with Crippen LogP contribution in [0, 0.1) is 36.0 Å². The summed E-state index contributed by atoms with van der Waals surface area (Å²) in [6.45, 7) is 14.9. The molecule has 0 bridgehead atoms. The van der Waals surface area contributed by atoms with E-state index in [-0.39, 0.29) is 52.8 Å². The Labute approximate surface area is 388 Å². The zero-order valence-electron chi connectivity index (χ0n) is 39.1. The number of aromatic amines is 1. The molecule has 5 N–H and O–H groups in total. The molecular formula is C49H65N9O7S. The van der Waals surface area contributed by atoms with Gasteiger partial charge in [-0.2, -0.15) is 5.21 Å². The molecule has 1 aromatic heterocycles. The molecule has 7 rings (SSSR count). The highest BCUT2D eigenvalue weighted by molar-refractivity contribution is 7.89. The van der Waals surface area contributed by atoms with E-state index in [0.29, 0.717) is 55.7 Å². The summed E-state index contributed by atoms with van der Waals surface area (Å²) in [5.74, 6) is 0.541. The van der Waals surface area contributed by atoms with Crippen LogP contribution in [0.3, 0.4) is 0 Å². The van der Waals surface area contributed by atoms with Gasteiger partial charge >= 0.3 is 6.09 Å². The van der Waals surface area contributed by atoms with Crippen LogP contribution in [0.2, 0.25) is 0 Å². The Kier molecular flexibility index (Phi) is 14.7. The van der Waals surface area contributed by atoms with Gasteiger partial charge < -0.3 is 25.6 Å². The maximum absolute atomic E-state index is 14.0. The number of aromatic nitrogens is 4. The first-order valence-electron chi connectivity index (χ1n) is 23.2. The number of ether oxygens (including phenoxy) is 1. The largest absolute Gasteiger partial charge is 0.444 e. The second kappa shape index (κ2) is 20.0. The third kappa shape index (κ3) is 12.6. The van der Waals surface area contributed by atoms with E-state index in [1.54, 1.807) is 63.2 Å². The van der Waals surface area contributed by atoms with Crippen LogP contribution in [-0.4, -0.2) is 95.1 Å². The van der Waals surface area contributed by atoms with Gasteiger partial charge in [-0.25, -0.2) is 17.9 Å². The second-order valence-electron chi connectivity index (χ2n) is 20.4. The number of sulfonamides is 1. The van der Waals surface area contributed by atoms with E-state index in [0.717, 1.165) is 53.5 Å². The van der Waals surface area contributed by atoms with E-state index in [2.05, 4.69) is 62.1 Å². The minimum Gasteiger partial charge on any atom is -0.444 e. The number of benzene rings is 3. The molecule has 4 aromatic rings. The zero-order chi connectivity index (χ0) is 47.4. The molecule has 0 spiro atoms. The SMILES string of the molecule is Cc1cc(S(=O)(=O)NC2CCN(C(=O)OC(C)(C)C)C2)ccc1-c1ccc(C[C@H](NC(=O)C2CCC(CNC(=O)C(C3CC3)C(C)(C)C)CC2)C(=O)Nc2ccc(-c3nn[nH]n3)cc2)cc1. The monoisotopic (exact) mass is 923 g/mol. The summed E-state index contributed by atoms with van der Waals surface area (Å²) in [6, 6.07) is 18.4. The first kappa shape index (κ1) is 48.3. The lowest BCUT2D eigenvalue weighted by Crippen LogP contribution is -2.48. The summed E-state index contributed by atoms with van der Waals surface area (Å²) in [4.78, 5) is 55.3. The molecule has 2 saturated carbocycles. The number of hydrogen-bond acceptors (Lipinski definition) is 10. The van der Waals surface area contributed by atoms with Crippen LogP contribution in [0.4, 0.5) is 10.5 Å². The molecule has 2 aliphatic carbocycles. The fraction of sp³-hybridized carbons (Fsp3) is 0.531. The number of carbonyl (C=O) groups excluding carboxylic acids is 4. The van der Waals surface area contributed by atoms with Crippen molar-refractivity contribution >= 4 is 39.5 Å². The number of nitrogens with one attached hydrogen (secondary N) is 5. The number of nitrogens with zero attached hydrogens (tertiary/aromatic N) is 4. The molecule has 3 fully saturated rings. The Morgan fingerprint density at radius 2 is 1.53 bits per heavy atom. The predicted octanol–water partition coefficient (Wildman–Crippen LogP) is 6.79. The molecule has 3 aliphatic rings. The predicted molar refractivity (Wildman–Crippen MR) is 251 cm³/mol. The van der Waals surface area contributed by atoms with Crippen LogP contribution in [0.15, 0.2) is 71.6 Å². The molecule has 4 amide bonds. The smallest absolute Gasteiger partial charge is 0.410 e. The Hall–Kier alpha value is -5.68. The van der Waals surface area contributed by atoms with Crippen LogP contribution in [0.1, 0.15) is 97.6 Å². The molecule has 1 aliphatic heterocycles. The number of hydrogen-bond donors (Lipinski definition) is 5. The summed E-state index contributed by atoms with van der Waals surface area (Å²) in [5.41, 5.74) is 3.81. The molecule has 1 saturated heterocycles. The Bertz CT molecular complexity index is 2450. The highest BCUT2D eigenvalue weighted by Gasteiger charge is 2.43. The van der Waals surface area contributed by atoms with Crippen molar-refractivity contribution in [3.05, 3.63) is 77.9 Å². The van der Waals surface area contributed by atoms with E-state index in [1.165, 1.54) is 4.90 Å². The first-order valence-corrected chi connectivity index (χ1v) is 24.6. The number of rotatable bonds is 15. The molecule has 2 heterocycles. The van der Waals surface area contributed by atoms with Gasteiger partial charge in [-0.05, 0) is 154 Å². The fourth-order valence-electron chi connectivity index (χ4n) is 9.26. The van der Waals surface area contributed by atoms with Crippen molar-refractivity contribution < 1.29 is 32.3 Å². The van der Waals surface area contributed by atoms with Gasteiger partial charge in [0, 0.05) is 55.2 Å². The van der Waals surface area contributed by atoms with Gasteiger partial charge in [0.25, 0.3) is 0 Å². The number of tetrazole rings is 1. The molecule has 3 atom stereocenters. The lowest BCUT2D eigenvalue weighted by Gasteiger charge is -2.32. The maximum Gasteiger partial charge on any atom is 0.410 e. The van der Waals surface area contributed by atoms with Crippen molar-refractivity contribution in [2.45, 2.75) is 122 Å². The minimum atomic E-state index is -3.87. The normalized spacial score (nSPS) is 20.0. The van der Waals surface area contributed by atoms with Crippen LogP contribution in [0.5, 0.6) is 0 Å². The van der Waals surface area contributed by atoms with E-state index in [1.807, 2.05) is 31.2 Å². The number of likely N-dealkylation sites (tertiary alicyclic amines) is 1. The molecule has 354 valence electrons. The topological polar surface area (TPSA) is 217 Å². The lowest BCUT2D eigenvalue weighted by molar-refractivity contribution is -0.131. The zero-order valence-corrected chi connectivity index (χ0v) is 40.0. The third-order valence-electron chi connectivity index (χ3n) is 12.9. The van der Waals surface area contributed by atoms with Gasteiger partial charge in [0.2, 0.25) is 33.6 Å². The van der Waals surface area contributed by atoms with Gasteiger partial charge in [0.15, 0.2) is 0 Å². The summed E-state index contributed by atoms with van der Waals surface area (Å²) >= 11 is 0. The Morgan fingerprint density at radius 1 is 0.848 bits per heavy atom. The number of carbonyl (C=O) groups is 4. The van der Waals surface area contributed by atoms with Crippen molar-refractivity contribution in [3.8, 4) is 22.5 Å². The highest BCUT2D eigenvalue weighted by atomic mass is 32.2. The van der Waals surface area contributed by atoms with Gasteiger partial charge in [-0.1, -0.05) is 51.1 Å². The average molecular weight is 924 g/mol. The summed E-state index contributed by atoms with van der Waals surface area (Å²) in [5, 5.41) is 23.4. The molecular weight excluding hydrogens is 859 g/mol. The van der Waals surface area contributed by atoms with Crippen LogP contribution in [0.25, 0.3) is 22.5 Å². The molecule has 66 heavy (non-hydrogen) atoms. The van der Waals surface area contributed by atoms with E-state index in [4.69, 9.17) is 4.74 Å². The van der Waals surface area contributed by atoms with Crippen molar-refractivity contribution in [3.63, 3.8) is 0 Å². The molecule has 0 radical (unpaired) electrons. The summed E-state index contributed by atoms with van der Waals surface area (Å²) in [6.07, 6.45) is 5.42. The van der Waals surface area contributed by atoms with Crippen LogP contribution >= 0.6 is 0 Å². The number of anilines is 1. The Morgan fingerprint density at radius 3 is 2.14 bits per heavy atom. The lowest BCUT2D eigenvalue weighted by atomic mass is 9.76. The second-order valence-corrected chi connectivity index (χ2v) is 22.1. The van der Waals surface area contributed by atoms with Crippen LogP contribution < -0.4 is 20.7 Å². The van der Waals surface area contributed by atoms with Gasteiger partial charge in [0.05, 0.1) is 4.90 Å². The average Bonchev–Trinajstić information content (AvgIpc) is 3.69. The van der Waals surface area contributed by atoms with E-state index < -0.39 is 33.8 Å². The van der Waals surface area contributed by atoms with Crippen molar-refractivity contribution in [1.82, 2.24) is 40.9 Å². The molecule has 16 nitrogen and oxygen atoms in total. The molecule has 2 unspecified atom stereocenters. The molecule has 3 aromatic carbocycles. The van der Waals surface area contributed by atoms with E-state index in [9.17, 15) is 27.6 Å². The van der Waals surface area contributed by atoms with Gasteiger partial charge in [-0.15, -0.1) is 10.2 Å². The minimum absolute atomic E-state index is 0.0112. The van der Waals surface area contributed by atoms with Crippen LogP contribution in [-0.2, 0) is 35.6 Å². The van der Waals surface area contributed by atoms with Gasteiger partial charge in [0.1, 0.15) is 11.6 Å². The number of aryl methyl sites for hydroxylation is 1. The van der Waals surface area contributed by atoms with E-state index >= 15 is 0 Å². The van der Waals surface area contributed by atoms with Crippen molar-refractivity contribution in [1.29, 1.82) is 0 Å². The fourth-order valence-corrected chi connectivity index (χ4v) is 10.6. The number of H-pyrrole nitrogens is 1. The maximum atomic E-state index is 14.0. The molecule has 17 heteroatoms. The highest BCUT2D eigenvalue weighted by Crippen LogP contribution is 2.45. The number of amides is 4. The van der Waals surface area contributed by atoms with Crippen molar-refractivity contribution in [2.75, 3.05) is 25.0 Å². The quantitative estimate of drug-likeness (QED) is 0.0841. The Balaban J connectivity index is 0.984. The summed E-state index contributed by atoms with van der Waals surface area (Å²) < 4.78 is 35.1. The first-order chi connectivity index (χ1) is 31.2. The standard InChI is InChI=1S/C49H65N9O7S/c1-30-26-39(66(63,64)55-38-24-25-58(29-38)47(62)65-49(5,6)7)22-23-40(30)33-12-8-31(9-13-33)27-41(45(60)51-37-20-18-35(19-21-37)43-53-56-57-54-43)52-44(59)36-14-10-32(11-15-36)28-50-46(61)42(34-16-17-34)48(2,3)4/h8-9,12-13,18-23,26,32,34,36,38,41-42,55H,10-11,14-17,24-25,27-29H2,1-7H3,(H,50,61)(H,51,60)(H,52,59)(H,53,54,56,57)/t32?,36?,38?,41-,42?/m0/s1. The van der Waals surface area contributed by atoms with Crippen molar-refractivity contribution in [2.24, 2.45) is 29.1 Å². The third-order valence-corrected chi connectivity index (χ3v) is 14.4.